The molecule has 1 amide bonds. The molecule has 2 rings (SSSR count). The molecule has 3 nitrogen and oxygen atoms in total. The molecule has 2 aliphatic rings. The van der Waals surface area contributed by atoms with E-state index in [-0.39, 0.29) is 12.2 Å². The molecule has 2 heterocycles. The summed E-state index contributed by atoms with van der Waals surface area (Å²) in [4.78, 5) is 14.6. The quantitative estimate of drug-likeness (QED) is 0.839. The standard InChI is InChI=1S/C13H24N2OS/c1-4-9(2)12-13(16)15(10(3)14-12)11-6-5-7-17-8-11/h9-12,14H,4-8H2,1-3H3. The van der Waals surface area contributed by atoms with Crippen LogP contribution in [0.4, 0.5) is 0 Å². The van der Waals surface area contributed by atoms with Gasteiger partial charge in [-0.15, -0.1) is 0 Å². The summed E-state index contributed by atoms with van der Waals surface area (Å²) < 4.78 is 0. The van der Waals surface area contributed by atoms with Crippen LogP contribution < -0.4 is 5.32 Å². The average Bonchev–Trinajstić information content (AvgIpc) is 2.65. The lowest BCUT2D eigenvalue weighted by atomic mass is 9.99. The van der Waals surface area contributed by atoms with Crippen molar-refractivity contribution in [3.8, 4) is 0 Å². The summed E-state index contributed by atoms with van der Waals surface area (Å²) in [6.45, 7) is 6.45. The fraction of sp³-hybridized carbons (Fsp3) is 0.923. The summed E-state index contributed by atoms with van der Waals surface area (Å²) in [6, 6.07) is 0.500. The van der Waals surface area contributed by atoms with E-state index in [2.05, 4.69) is 31.0 Å². The molecule has 0 aliphatic carbocycles. The molecule has 1 N–H and O–H groups in total. The minimum Gasteiger partial charge on any atom is -0.322 e. The molecule has 2 saturated heterocycles. The van der Waals surface area contributed by atoms with Crippen molar-refractivity contribution in [2.75, 3.05) is 11.5 Å². The smallest absolute Gasteiger partial charge is 0.241 e. The van der Waals surface area contributed by atoms with Crippen LogP contribution in [0.2, 0.25) is 0 Å². The third kappa shape index (κ3) is 2.63. The van der Waals surface area contributed by atoms with E-state index < -0.39 is 0 Å². The summed E-state index contributed by atoms with van der Waals surface area (Å²) in [6.07, 6.45) is 3.70. The lowest BCUT2D eigenvalue weighted by molar-refractivity contribution is -0.132. The maximum atomic E-state index is 12.5. The van der Waals surface area contributed by atoms with Gasteiger partial charge in [-0.1, -0.05) is 20.3 Å². The molecular weight excluding hydrogens is 232 g/mol. The van der Waals surface area contributed by atoms with Crippen molar-refractivity contribution in [2.24, 2.45) is 5.92 Å². The van der Waals surface area contributed by atoms with Crippen molar-refractivity contribution in [3.63, 3.8) is 0 Å². The van der Waals surface area contributed by atoms with Gasteiger partial charge in [0.1, 0.15) is 0 Å². The molecule has 17 heavy (non-hydrogen) atoms. The normalized spacial score (nSPS) is 36.3. The molecule has 0 bridgehead atoms. The number of amides is 1. The second-order valence-corrected chi connectivity index (χ2v) is 6.47. The second-order valence-electron chi connectivity index (χ2n) is 5.32. The average molecular weight is 256 g/mol. The van der Waals surface area contributed by atoms with E-state index in [0.29, 0.717) is 17.9 Å². The van der Waals surface area contributed by atoms with Gasteiger partial charge in [0.15, 0.2) is 0 Å². The van der Waals surface area contributed by atoms with Gasteiger partial charge in [-0.05, 0) is 31.4 Å². The van der Waals surface area contributed by atoms with Crippen LogP contribution in [-0.2, 0) is 4.79 Å². The number of thioether (sulfide) groups is 1. The molecule has 0 aromatic carbocycles. The number of nitrogens with zero attached hydrogens (tertiary/aromatic N) is 1. The minimum absolute atomic E-state index is 0.0435. The number of carbonyl (C=O) groups excluding carboxylic acids is 1. The predicted octanol–water partition coefficient (Wildman–Crippen LogP) is 2.07. The lowest BCUT2D eigenvalue weighted by Gasteiger charge is -2.33. The Morgan fingerprint density at radius 1 is 1.59 bits per heavy atom. The highest BCUT2D eigenvalue weighted by Gasteiger charge is 2.42. The van der Waals surface area contributed by atoms with Gasteiger partial charge in [-0.3, -0.25) is 10.1 Å². The van der Waals surface area contributed by atoms with Crippen LogP contribution in [0.15, 0.2) is 0 Å². The first-order valence-electron chi connectivity index (χ1n) is 6.81. The van der Waals surface area contributed by atoms with Gasteiger partial charge < -0.3 is 4.90 Å². The zero-order valence-corrected chi connectivity index (χ0v) is 11.9. The maximum absolute atomic E-state index is 12.5. The molecule has 0 aromatic heterocycles. The van der Waals surface area contributed by atoms with E-state index in [1.54, 1.807) is 0 Å². The zero-order chi connectivity index (χ0) is 12.4. The highest BCUT2D eigenvalue weighted by atomic mass is 32.2. The highest BCUT2D eigenvalue weighted by molar-refractivity contribution is 7.99. The van der Waals surface area contributed by atoms with Crippen LogP contribution in [0.25, 0.3) is 0 Å². The van der Waals surface area contributed by atoms with Crippen molar-refractivity contribution in [1.82, 2.24) is 10.2 Å². The Morgan fingerprint density at radius 2 is 2.35 bits per heavy atom. The topological polar surface area (TPSA) is 32.3 Å². The van der Waals surface area contributed by atoms with Crippen LogP contribution in [0.3, 0.4) is 0 Å². The summed E-state index contributed by atoms with van der Waals surface area (Å²) in [5, 5.41) is 3.47. The first-order valence-corrected chi connectivity index (χ1v) is 7.96. The summed E-state index contributed by atoms with van der Waals surface area (Å²) in [7, 11) is 0. The minimum atomic E-state index is 0.0435. The number of carbonyl (C=O) groups is 1. The second kappa shape index (κ2) is 5.61. The van der Waals surface area contributed by atoms with Gasteiger partial charge in [0.2, 0.25) is 5.91 Å². The van der Waals surface area contributed by atoms with Crippen LogP contribution in [0.5, 0.6) is 0 Å². The molecular formula is C13H24N2OS. The molecule has 0 aromatic rings. The van der Waals surface area contributed by atoms with E-state index in [1.807, 2.05) is 11.8 Å². The van der Waals surface area contributed by atoms with Crippen LogP contribution >= 0.6 is 11.8 Å². The van der Waals surface area contributed by atoms with E-state index in [1.165, 1.54) is 18.6 Å². The molecule has 4 heteroatoms. The fourth-order valence-electron chi connectivity index (χ4n) is 2.85. The summed E-state index contributed by atoms with van der Waals surface area (Å²) in [5.41, 5.74) is 0. The SMILES string of the molecule is CCC(C)C1NC(C)N(C2CCCSC2)C1=O. The molecule has 0 radical (unpaired) electrons. The molecule has 4 atom stereocenters. The Hall–Kier alpha value is -0.220. The summed E-state index contributed by atoms with van der Waals surface area (Å²) >= 11 is 1.99. The maximum Gasteiger partial charge on any atom is 0.241 e. The fourth-order valence-corrected chi connectivity index (χ4v) is 3.98. The molecule has 0 spiro atoms. The van der Waals surface area contributed by atoms with Crippen molar-refractivity contribution in [3.05, 3.63) is 0 Å². The Morgan fingerprint density at radius 3 is 2.94 bits per heavy atom. The van der Waals surface area contributed by atoms with Crippen molar-refractivity contribution >= 4 is 17.7 Å². The third-order valence-corrected chi connectivity index (χ3v) is 5.30. The highest BCUT2D eigenvalue weighted by Crippen LogP contribution is 2.28. The third-order valence-electron chi connectivity index (χ3n) is 4.10. The summed E-state index contributed by atoms with van der Waals surface area (Å²) in [5.74, 6) is 3.14. The number of hydrogen-bond donors (Lipinski definition) is 1. The lowest BCUT2D eigenvalue weighted by Crippen LogP contribution is -2.45. The van der Waals surface area contributed by atoms with Gasteiger partial charge in [0, 0.05) is 11.8 Å². The van der Waals surface area contributed by atoms with E-state index >= 15 is 0 Å². The predicted molar refractivity (Wildman–Crippen MR) is 73.0 cm³/mol. The molecule has 2 fully saturated rings. The van der Waals surface area contributed by atoms with E-state index in [9.17, 15) is 4.79 Å². The van der Waals surface area contributed by atoms with Crippen LogP contribution in [0, 0.1) is 5.92 Å². The van der Waals surface area contributed by atoms with Crippen molar-refractivity contribution < 1.29 is 4.79 Å². The van der Waals surface area contributed by atoms with Crippen LogP contribution in [-0.4, -0.2) is 40.6 Å². The Labute approximate surface area is 109 Å². The molecule has 4 unspecified atom stereocenters. The Kier molecular flexibility index (Phi) is 4.36. The Bertz CT molecular complexity index is 279. The van der Waals surface area contributed by atoms with Gasteiger partial charge in [-0.2, -0.15) is 11.8 Å². The van der Waals surface area contributed by atoms with Gasteiger partial charge in [-0.25, -0.2) is 0 Å². The van der Waals surface area contributed by atoms with Crippen LogP contribution in [0.1, 0.15) is 40.0 Å². The number of rotatable bonds is 3. The molecule has 98 valence electrons. The molecule has 2 aliphatic heterocycles. The van der Waals surface area contributed by atoms with Crippen molar-refractivity contribution in [1.29, 1.82) is 0 Å². The van der Waals surface area contributed by atoms with Gasteiger partial charge in [0.05, 0.1) is 12.2 Å². The van der Waals surface area contributed by atoms with E-state index in [0.717, 1.165) is 12.2 Å². The Balaban J connectivity index is 2.05. The number of nitrogens with one attached hydrogen (secondary N) is 1. The first-order chi connectivity index (χ1) is 8.15. The number of hydrogen-bond acceptors (Lipinski definition) is 3. The van der Waals surface area contributed by atoms with Gasteiger partial charge >= 0.3 is 0 Å². The first kappa shape index (κ1) is 13.2. The van der Waals surface area contributed by atoms with E-state index in [4.69, 9.17) is 0 Å². The largest absolute Gasteiger partial charge is 0.322 e. The monoisotopic (exact) mass is 256 g/mol. The van der Waals surface area contributed by atoms with Crippen molar-refractivity contribution in [2.45, 2.75) is 58.3 Å². The zero-order valence-electron chi connectivity index (χ0n) is 11.1. The molecule has 0 saturated carbocycles. The van der Waals surface area contributed by atoms with Gasteiger partial charge in [0.25, 0.3) is 0 Å².